The van der Waals surface area contributed by atoms with E-state index < -0.39 is 11.8 Å². The van der Waals surface area contributed by atoms with Gasteiger partial charge in [-0.2, -0.15) is 9.78 Å². The highest BCUT2D eigenvalue weighted by molar-refractivity contribution is 6.30. The molecule has 0 radical (unpaired) electrons. The molecule has 4 rings (SSSR count). The summed E-state index contributed by atoms with van der Waals surface area (Å²) in [6.07, 6.45) is 2.85. The maximum Gasteiger partial charge on any atom is 0.356 e. The number of halogens is 2. The Morgan fingerprint density at radius 1 is 1.22 bits per heavy atom. The molecule has 0 bridgehead atoms. The van der Waals surface area contributed by atoms with Crippen molar-refractivity contribution >= 4 is 23.6 Å². The van der Waals surface area contributed by atoms with Gasteiger partial charge in [0, 0.05) is 30.4 Å². The highest BCUT2D eigenvalue weighted by Crippen LogP contribution is 2.40. The van der Waals surface area contributed by atoms with Crippen LogP contribution in [0.2, 0.25) is 5.02 Å². The van der Waals surface area contributed by atoms with Crippen molar-refractivity contribution in [1.82, 2.24) is 14.7 Å². The molecular formula is C18H17ClFN3O4. The van der Waals surface area contributed by atoms with Crippen LogP contribution < -0.4 is 4.74 Å². The fourth-order valence-electron chi connectivity index (χ4n) is 3.98. The van der Waals surface area contributed by atoms with Crippen LogP contribution in [0.15, 0.2) is 30.5 Å². The first-order valence-corrected chi connectivity index (χ1v) is 8.98. The van der Waals surface area contributed by atoms with Crippen LogP contribution in [-0.4, -0.2) is 51.0 Å². The monoisotopic (exact) mass is 393 g/mol. The Bertz CT molecular complexity index is 868. The van der Waals surface area contributed by atoms with Gasteiger partial charge >= 0.3 is 12.0 Å². The number of ether oxygens (including phenoxy) is 1. The Morgan fingerprint density at radius 3 is 2.52 bits per heavy atom. The zero-order valence-electron chi connectivity index (χ0n) is 14.2. The zero-order chi connectivity index (χ0) is 19.1. The lowest BCUT2D eigenvalue weighted by Gasteiger charge is -2.20. The van der Waals surface area contributed by atoms with Gasteiger partial charge in [-0.15, -0.1) is 0 Å². The smallest absolute Gasteiger partial charge is 0.356 e. The summed E-state index contributed by atoms with van der Waals surface area (Å²) >= 11 is 5.86. The first-order valence-electron chi connectivity index (χ1n) is 8.60. The van der Waals surface area contributed by atoms with Crippen LogP contribution in [-0.2, 0) is 0 Å². The van der Waals surface area contributed by atoms with Crippen molar-refractivity contribution in [3.63, 3.8) is 0 Å². The minimum Gasteiger partial charge on any atom is -0.490 e. The van der Waals surface area contributed by atoms with Gasteiger partial charge in [-0.05, 0) is 42.9 Å². The SMILES string of the molecule is O=C(O)c1ccn(C(=O)N2C[C@H]3CC(Oc4cc(F)cc(Cl)c4)C[C@H]3C2)n1. The van der Waals surface area contributed by atoms with Gasteiger partial charge in [-0.3, -0.25) is 0 Å². The van der Waals surface area contributed by atoms with E-state index in [0.717, 1.165) is 17.5 Å². The lowest BCUT2D eigenvalue weighted by Crippen LogP contribution is -2.34. The van der Waals surface area contributed by atoms with Crippen LogP contribution in [0.3, 0.4) is 0 Å². The number of hydrogen-bond donors (Lipinski definition) is 1. The Kier molecular flexibility index (Phi) is 4.51. The molecule has 2 aliphatic rings. The number of rotatable bonds is 3. The summed E-state index contributed by atoms with van der Waals surface area (Å²) in [4.78, 5) is 25.1. The van der Waals surface area contributed by atoms with Crippen LogP contribution in [0.5, 0.6) is 5.75 Å². The van der Waals surface area contributed by atoms with Crippen molar-refractivity contribution in [2.75, 3.05) is 13.1 Å². The molecule has 7 nitrogen and oxygen atoms in total. The second-order valence-corrected chi connectivity index (χ2v) is 7.41. The first-order chi connectivity index (χ1) is 12.9. The summed E-state index contributed by atoms with van der Waals surface area (Å²) in [6, 6.07) is 5.10. The molecule has 142 valence electrons. The summed E-state index contributed by atoms with van der Waals surface area (Å²) < 4.78 is 20.4. The summed E-state index contributed by atoms with van der Waals surface area (Å²) in [5, 5.41) is 13.0. The average molecular weight is 394 g/mol. The third kappa shape index (κ3) is 3.62. The van der Waals surface area contributed by atoms with E-state index in [1.54, 1.807) is 11.0 Å². The highest BCUT2D eigenvalue weighted by atomic mass is 35.5. The highest BCUT2D eigenvalue weighted by Gasteiger charge is 2.43. The number of amides is 1. The molecule has 0 spiro atoms. The summed E-state index contributed by atoms with van der Waals surface area (Å²) in [5.74, 6) is -0.615. The molecule has 3 atom stereocenters. The van der Waals surface area contributed by atoms with Crippen LogP contribution in [0.4, 0.5) is 9.18 Å². The first kappa shape index (κ1) is 17.8. The molecule has 1 aliphatic heterocycles. The summed E-state index contributed by atoms with van der Waals surface area (Å²) in [5.41, 5.74) is -0.162. The molecule has 1 N–H and O–H groups in total. The molecule has 1 aromatic heterocycles. The number of aromatic nitrogens is 2. The second-order valence-electron chi connectivity index (χ2n) is 6.97. The summed E-state index contributed by atoms with van der Waals surface area (Å²) in [7, 11) is 0. The second kappa shape index (κ2) is 6.84. The molecule has 1 saturated carbocycles. The number of carbonyl (C=O) groups is 2. The predicted molar refractivity (Wildman–Crippen MR) is 93.6 cm³/mol. The fourth-order valence-corrected chi connectivity index (χ4v) is 4.19. The van der Waals surface area contributed by atoms with E-state index in [-0.39, 0.29) is 29.7 Å². The molecule has 1 amide bonds. The van der Waals surface area contributed by atoms with Crippen molar-refractivity contribution in [2.45, 2.75) is 18.9 Å². The van der Waals surface area contributed by atoms with Gasteiger partial charge in [0.2, 0.25) is 0 Å². The molecule has 2 heterocycles. The van der Waals surface area contributed by atoms with Crippen molar-refractivity contribution in [1.29, 1.82) is 0 Å². The number of carboxylic acid groups (broad SMARTS) is 1. The topological polar surface area (TPSA) is 84.7 Å². The zero-order valence-corrected chi connectivity index (χ0v) is 15.0. The number of likely N-dealkylation sites (tertiary alicyclic amines) is 1. The number of fused-ring (bicyclic) bond motifs is 1. The van der Waals surface area contributed by atoms with Gasteiger partial charge in [-0.25, -0.2) is 14.0 Å². The number of carbonyl (C=O) groups excluding carboxylic acids is 1. The van der Waals surface area contributed by atoms with Crippen LogP contribution in [0, 0.1) is 17.7 Å². The lowest BCUT2D eigenvalue weighted by atomic mass is 10.0. The van der Waals surface area contributed by atoms with E-state index in [1.165, 1.54) is 24.4 Å². The Morgan fingerprint density at radius 2 is 1.93 bits per heavy atom. The van der Waals surface area contributed by atoms with E-state index in [0.29, 0.717) is 23.9 Å². The number of carboxylic acids is 1. The van der Waals surface area contributed by atoms with Crippen molar-refractivity contribution in [2.24, 2.45) is 11.8 Å². The number of benzene rings is 1. The van der Waals surface area contributed by atoms with E-state index in [1.807, 2.05) is 0 Å². The van der Waals surface area contributed by atoms with Crippen molar-refractivity contribution in [3.8, 4) is 5.75 Å². The van der Waals surface area contributed by atoms with Gasteiger partial charge in [0.15, 0.2) is 5.69 Å². The molecule has 27 heavy (non-hydrogen) atoms. The van der Waals surface area contributed by atoms with E-state index >= 15 is 0 Å². The Labute approximate surface area is 159 Å². The number of hydrogen-bond acceptors (Lipinski definition) is 4. The number of nitrogens with zero attached hydrogens (tertiary/aromatic N) is 3. The Hall–Kier alpha value is -2.61. The van der Waals surface area contributed by atoms with Gasteiger partial charge in [-0.1, -0.05) is 11.6 Å². The minimum atomic E-state index is -1.17. The third-order valence-electron chi connectivity index (χ3n) is 5.12. The Balaban J connectivity index is 1.36. The van der Waals surface area contributed by atoms with Crippen molar-refractivity contribution in [3.05, 3.63) is 47.0 Å². The van der Waals surface area contributed by atoms with Gasteiger partial charge < -0.3 is 14.7 Å². The maximum absolute atomic E-state index is 13.4. The molecule has 9 heteroatoms. The van der Waals surface area contributed by atoms with Gasteiger partial charge in [0.05, 0.1) is 6.10 Å². The fraction of sp³-hybridized carbons (Fsp3) is 0.389. The predicted octanol–water partition coefficient (Wildman–Crippen LogP) is 3.13. The quantitative estimate of drug-likeness (QED) is 0.866. The van der Waals surface area contributed by atoms with E-state index in [4.69, 9.17) is 21.4 Å². The molecule has 1 aliphatic carbocycles. The van der Waals surface area contributed by atoms with Crippen LogP contribution in [0.1, 0.15) is 23.3 Å². The molecule has 1 unspecified atom stereocenters. The molecule has 2 fully saturated rings. The number of aromatic carboxylic acids is 1. The third-order valence-corrected chi connectivity index (χ3v) is 5.34. The van der Waals surface area contributed by atoms with Crippen LogP contribution >= 0.6 is 11.6 Å². The van der Waals surface area contributed by atoms with Crippen LogP contribution in [0.25, 0.3) is 0 Å². The van der Waals surface area contributed by atoms with E-state index in [2.05, 4.69) is 5.10 Å². The largest absolute Gasteiger partial charge is 0.490 e. The van der Waals surface area contributed by atoms with Gasteiger partial charge in [0.25, 0.3) is 0 Å². The minimum absolute atomic E-state index is 0.0431. The molecule has 2 aromatic rings. The maximum atomic E-state index is 13.4. The normalized spacial score (nSPS) is 24.1. The lowest BCUT2D eigenvalue weighted by molar-refractivity contribution is 0.0690. The standard InChI is InChI=1S/C18H17ClFN3O4/c19-12-5-13(20)7-15(6-12)27-14-3-10-8-22(9-11(10)4-14)18(26)23-2-1-16(21-23)17(24)25/h1-2,5-7,10-11,14H,3-4,8-9H2,(H,24,25)/t10-,11+,14?. The van der Waals surface area contributed by atoms with Crippen molar-refractivity contribution < 1.29 is 23.8 Å². The average Bonchev–Trinajstić information content (AvgIpc) is 3.27. The molecule has 1 saturated heterocycles. The van der Waals surface area contributed by atoms with Gasteiger partial charge in [0.1, 0.15) is 11.6 Å². The van der Waals surface area contributed by atoms with E-state index in [9.17, 15) is 14.0 Å². The molecule has 1 aromatic carbocycles. The molecular weight excluding hydrogens is 377 g/mol. The summed E-state index contributed by atoms with van der Waals surface area (Å²) in [6.45, 7) is 1.13.